The molecule has 0 aromatic carbocycles. The normalized spacial score (nSPS) is 10.9. The molecule has 0 amide bonds. The molecule has 0 aliphatic heterocycles. The maximum Gasteiger partial charge on any atom is 0.0658 e. The molecule has 0 atom stereocenters. The molecule has 0 aromatic rings. The SMILES string of the molecule is CCC/C=N/N(C)CCOCC. The van der Waals surface area contributed by atoms with Gasteiger partial charge in [-0.2, -0.15) is 5.10 Å². The Labute approximate surface area is 75.4 Å². The minimum atomic E-state index is 0.760. The lowest BCUT2D eigenvalue weighted by Crippen LogP contribution is -2.17. The largest absolute Gasteiger partial charge is 0.380 e. The zero-order valence-corrected chi connectivity index (χ0v) is 8.42. The molecule has 3 heteroatoms. The van der Waals surface area contributed by atoms with Gasteiger partial charge < -0.3 is 4.74 Å². The van der Waals surface area contributed by atoms with Gasteiger partial charge in [0.1, 0.15) is 0 Å². The van der Waals surface area contributed by atoms with Gasteiger partial charge in [0.25, 0.3) is 0 Å². The van der Waals surface area contributed by atoms with Crippen molar-refractivity contribution in [3.05, 3.63) is 0 Å². The summed E-state index contributed by atoms with van der Waals surface area (Å²) in [5.74, 6) is 0. The van der Waals surface area contributed by atoms with E-state index < -0.39 is 0 Å². The van der Waals surface area contributed by atoms with Crippen LogP contribution in [-0.4, -0.2) is 38.0 Å². The first-order valence-corrected chi connectivity index (χ1v) is 4.62. The summed E-state index contributed by atoms with van der Waals surface area (Å²) in [7, 11) is 1.96. The van der Waals surface area contributed by atoms with E-state index in [0.29, 0.717) is 0 Å². The van der Waals surface area contributed by atoms with E-state index in [-0.39, 0.29) is 0 Å². The number of unbranched alkanes of at least 4 members (excludes halogenated alkanes) is 1. The standard InChI is InChI=1S/C9H20N2O/c1-4-6-7-10-11(3)8-9-12-5-2/h7H,4-6,8-9H2,1-3H3/b10-7+. The van der Waals surface area contributed by atoms with E-state index in [1.165, 1.54) is 0 Å². The van der Waals surface area contributed by atoms with Crippen LogP contribution in [0.3, 0.4) is 0 Å². The fourth-order valence-electron chi connectivity index (χ4n) is 0.725. The van der Waals surface area contributed by atoms with Gasteiger partial charge in [-0.3, -0.25) is 5.01 Å². The van der Waals surface area contributed by atoms with Gasteiger partial charge in [0, 0.05) is 19.9 Å². The molecule has 0 aliphatic carbocycles. The lowest BCUT2D eigenvalue weighted by atomic mass is 10.4. The Morgan fingerprint density at radius 2 is 2.17 bits per heavy atom. The van der Waals surface area contributed by atoms with Gasteiger partial charge in [0.2, 0.25) is 0 Å². The Morgan fingerprint density at radius 3 is 2.75 bits per heavy atom. The summed E-state index contributed by atoms with van der Waals surface area (Å²) in [6, 6.07) is 0. The highest BCUT2D eigenvalue weighted by molar-refractivity contribution is 5.56. The third-order valence-electron chi connectivity index (χ3n) is 1.46. The minimum absolute atomic E-state index is 0.760. The van der Waals surface area contributed by atoms with Gasteiger partial charge in [-0.05, 0) is 13.3 Å². The molecule has 0 rings (SSSR count). The third kappa shape index (κ3) is 7.54. The van der Waals surface area contributed by atoms with Crippen molar-refractivity contribution in [2.75, 3.05) is 26.8 Å². The lowest BCUT2D eigenvalue weighted by Gasteiger charge is -2.11. The molecule has 0 bridgehead atoms. The van der Waals surface area contributed by atoms with Crippen LogP contribution in [0.15, 0.2) is 5.10 Å². The molecule has 0 aromatic heterocycles. The monoisotopic (exact) mass is 172 g/mol. The zero-order chi connectivity index (χ0) is 9.23. The van der Waals surface area contributed by atoms with E-state index in [1.54, 1.807) is 0 Å². The highest BCUT2D eigenvalue weighted by Gasteiger charge is 1.90. The number of hydrogen-bond donors (Lipinski definition) is 0. The van der Waals surface area contributed by atoms with Crippen molar-refractivity contribution in [1.29, 1.82) is 0 Å². The summed E-state index contributed by atoms with van der Waals surface area (Å²) in [5.41, 5.74) is 0. The molecule has 0 unspecified atom stereocenters. The lowest BCUT2D eigenvalue weighted by molar-refractivity contribution is 0.123. The third-order valence-corrected chi connectivity index (χ3v) is 1.46. The number of hydrogen-bond acceptors (Lipinski definition) is 3. The van der Waals surface area contributed by atoms with Crippen LogP contribution in [0.4, 0.5) is 0 Å². The van der Waals surface area contributed by atoms with E-state index in [9.17, 15) is 0 Å². The molecule has 0 aliphatic rings. The first kappa shape index (κ1) is 11.4. The Morgan fingerprint density at radius 1 is 1.42 bits per heavy atom. The van der Waals surface area contributed by atoms with E-state index in [0.717, 1.165) is 32.6 Å². The van der Waals surface area contributed by atoms with E-state index in [2.05, 4.69) is 12.0 Å². The van der Waals surface area contributed by atoms with Crippen LogP contribution in [0.5, 0.6) is 0 Å². The minimum Gasteiger partial charge on any atom is -0.380 e. The average Bonchev–Trinajstić information content (AvgIpc) is 2.06. The first-order chi connectivity index (χ1) is 5.81. The fourth-order valence-corrected chi connectivity index (χ4v) is 0.725. The highest BCUT2D eigenvalue weighted by atomic mass is 16.5. The maximum atomic E-state index is 5.19. The van der Waals surface area contributed by atoms with Crippen LogP contribution >= 0.6 is 0 Å². The highest BCUT2D eigenvalue weighted by Crippen LogP contribution is 1.86. The Bertz CT molecular complexity index is 115. The summed E-state index contributed by atoms with van der Waals surface area (Å²) in [6.07, 6.45) is 4.16. The molecular weight excluding hydrogens is 152 g/mol. The Hall–Kier alpha value is -0.570. The second-order valence-corrected chi connectivity index (χ2v) is 2.66. The molecular formula is C9H20N2O. The number of likely N-dealkylation sites (N-methyl/N-ethyl adjacent to an activating group) is 1. The molecule has 0 fully saturated rings. The quantitative estimate of drug-likeness (QED) is 0.332. The first-order valence-electron chi connectivity index (χ1n) is 4.62. The predicted octanol–water partition coefficient (Wildman–Crippen LogP) is 1.74. The second kappa shape index (κ2) is 8.53. The van der Waals surface area contributed by atoms with Gasteiger partial charge in [0.05, 0.1) is 13.2 Å². The summed E-state index contributed by atoms with van der Waals surface area (Å²) in [6.45, 7) is 6.56. The molecule has 0 saturated heterocycles. The molecule has 0 heterocycles. The van der Waals surface area contributed by atoms with E-state index >= 15 is 0 Å². The number of hydrazone groups is 1. The van der Waals surface area contributed by atoms with Gasteiger partial charge in [0.15, 0.2) is 0 Å². The smallest absolute Gasteiger partial charge is 0.0658 e. The van der Waals surface area contributed by atoms with Crippen molar-refractivity contribution >= 4 is 6.21 Å². The Kier molecular flexibility index (Phi) is 8.12. The molecule has 12 heavy (non-hydrogen) atoms. The molecule has 0 radical (unpaired) electrons. The number of rotatable bonds is 7. The number of ether oxygens (including phenoxy) is 1. The van der Waals surface area contributed by atoms with Crippen molar-refractivity contribution in [3.63, 3.8) is 0 Å². The van der Waals surface area contributed by atoms with Crippen LogP contribution in [-0.2, 0) is 4.74 Å². The maximum absolute atomic E-state index is 5.19. The van der Waals surface area contributed by atoms with E-state index in [1.807, 2.05) is 25.2 Å². The van der Waals surface area contributed by atoms with Gasteiger partial charge in [-0.15, -0.1) is 0 Å². The number of nitrogens with zero attached hydrogens (tertiary/aromatic N) is 2. The van der Waals surface area contributed by atoms with Gasteiger partial charge in [-0.25, -0.2) is 0 Å². The van der Waals surface area contributed by atoms with Gasteiger partial charge in [-0.1, -0.05) is 13.3 Å². The predicted molar refractivity (Wildman–Crippen MR) is 52.5 cm³/mol. The fraction of sp³-hybridized carbons (Fsp3) is 0.889. The molecule has 3 nitrogen and oxygen atoms in total. The van der Waals surface area contributed by atoms with Gasteiger partial charge >= 0.3 is 0 Å². The zero-order valence-electron chi connectivity index (χ0n) is 8.42. The van der Waals surface area contributed by atoms with E-state index in [4.69, 9.17) is 4.74 Å². The average molecular weight is 172 g/mol. The van der Waals surface area contributed by atoms with Crippen LogP contribution in [0, 0.1) is 0 Å². The summed E-state index contributed by atoms with van der Waals surface area (Å²) in [4.78, 5) is 0. The van der Waals surface area contributed by atoms with Crippen LogP contribution in [0.1, 0.15) is 26.7 Å². The van der Waals surface area contributed by atoms with Crippen LogP contribution in [0.25, 0.3) is 0 Å². The topological polar surface area (TPSA) is 24.8 Å². The van der Waals surface area contributed by atoms with Crippen LogP contribution < -0.4 is 0 Å². The summed E-state index contributed by atoms with van der Waals surface area (Å²) in [5, 5.41) is 6.12. The van der Waals surface area contributed by atoms with Crippen LogP contribution in [0.2, 0.25) is 0 Å². The van der Waals surface area contributed by atoms with Crippen molar-refractivity contribution in [1.82, 2.24) is 5.01 Å². The van der Waals surface area contributed by atoms with Crippen molar-refractivity contribution < 1.29 is 4.74 Å². The van der Waals surface area contributed by atoms with Crippen molar-refractivity contribution in [2.45, 2.75) is 26.7 Å². The van der Waals surface area contributed by atoms with Crippen molar-refractivity contribution in [3.8, 4) is 0 Å². The summed E-state index contributed by atoms with van der Waals surface area (Å²) < 4.78 is 5.19. The molecule has 0 N–H and O–H groups in total. The Balaban J connectivity index is 3.26. The molecule has 72 valence electrons. The second-order valence-electron chi connectivity index (χ2n) is 2.66. The summed E-state index contributed by atoms with van der Waals surface area (Å²) >= 11 is 0. The van der Waals surface area contributed by atoms with Crippen molar-refractivity contribution in [2.24, 2.45) is 5.10 Å². The molecule has 0 spiro atoms. The molecule has 0 saturated carbocycles.